The molecule has 0 aliphatic heterocycles. The van der Waals surface area contributed by atoms with Gasteiger partial charge in [0.2, 0.25) is 5.13 Å². The number of rotatable bonds is 5. The molecule has 4 rings (SSSR count). The van der Waals surface area contributed by atoms with Crippen molar-refractivity contribution in [3.63, 3.8) is 0 Å². The average molecular weight is 391 g/mol. The van der Waals surface area contributed by atoms with E-state index in [4.69, 9.17) is 4.74 Å². The van der Waals surface area contributed by atoms with Crippen LogP contribution in [0.15, 0.2) is 59.4 Å². The Morgan fingerprint density at radius 3 is 2.61 bits per heavy atom. The molecule has 140 valence electrons. The first kappa shape index (κ1) is 17.7. The number of hydrogen-bond acceptors (Lipinski definition) is 6. The molecule has 0 atom stereocenters. The van der Waals surface area contributed by atoms with Crippen LogP contribution in [0.25, 0.3) is 29.0 Å². The monoisotopic (exact) mass is 391 g/mol. The first-order valence-electron chi connectivity index (χ1n) is 8.46. The van der Waals surface area contributed by atoms with Gasteiger partial charge in [-0.2, -0.15) is 0 Å². The molecule has 0 amide bonds. The van der Waals surface area contributed by atoms with E-state index in [-0.39, 0.29) is 5.56 Å². The summed E-state index contributed by atoms with van der Waals surface area (Å²) in [7, 11) is 1.63. The van der Waals surface area contributed by atoms with E-state index >= 15 is 0 Å². The molecule has 2 N–H and O–H groups in total. The van der Waals surface area contributed by atoms with Gasteiger partial charge in [-0.15, -0.1) is 10.2 Å². The van der Waals surface area contributed by atoms with Crippen molar-refractivity contribution in [1.82, 2.24) is 20.0 Å². The largest absolute Gasteiger partial charge is 0.497 e. The topological polar surface area (TPSA) is 84.8 Å². The Morgan fingerprint density at radius 2 is 1.89 bits per heavy atom. The fourth-order valence-corrected chi connectivity index (χ4v) is 3.39. The zero-order valence-corrected chi connectivity index (χ0v) is 15.9. The van der Waals surface area contributed by atoms with Gasteiger partial charge in [0.05, 0.1) is 23.4 Å². The highest BCUT2D eigenvalue weighted by Crippen LogP contribution is 2.27. The molecule has 0 spiro atoms. The van der Waals surface area contributed by atoms with E-state index in [0.717, 1.165) is 22.0 Å². The van der Waals surface area contributed by atoms with Gasteiger partial charge >= 0.3 is 0 Å². The number of ether oxygens (including phenoxy) is 1. The molecule has 0 fully saturated rings. The van der Waals surface area contributed by atoms with E-state index < -0.39 is 0 Å². The predicted molar refractivity (Wildman–Crippen MR) is 111 cm³/mol. The molecule has 2 heterocycles. The molecule has 2 aromatic carbocycles. The molecule has 0 radical (unpaired) electrons. The van der Waals surface area contributed by atoms with Crippen LogP contribution in [0.4, 0.5) is 5.13 Å². The van der Waals surface area contributed by atoms with Gasteiger partial charge in [0.25, 0.3) is 5.56 Å². The van der Waals surface area contributed by atoms with Crippen molar-refractivity contribution in [1.29, 1.82) is 0 Å². The second-order valence-corrected chi connectivity index (χ2v) is 6.89. The number of aromatic amines is 1. The number of benzene rings is 2. The van der Waals surface area contributed by atoms with Crippen LogP contribution in [0.5, 0.6) is 5.75 Å². The number of H-pyrrole nitrogens is 1. The molecule has 0 saturated carbocycles. The van der Waals surface area contributed by atoms with Crippen LogP contribution < -0.4 is 26.2 Å². The highest BCUT2D eigenvalue weighted by Gasteiger charge is 2.07. The molecule has 0 bridgehead atoms. The lowest BCUT2D eigenvalue weighted by Gasteiger charge is -1.99. The molecule has 7 nitrogen and oxygen atoms in total. The number of aromatic nitrogens is 4. The fourth-order valence-electron chi connectivity index (χ4n) is 2.67. The van der Waals surface area contributed by atoms with Crippen LogP contribution in [0.3, 0.4) is 0 Å². The summed E-state index contributed by atoms with van der Waals surface area (Å²) in [5.74, 6) is 0.782. The summed E-state index contributed by atoms with van der Waals surface area (Å²) in [6.45, 7) is 3.92. The highest BCUT2D eigenvalue weighted by molar-refractivity contribution is 7.18. The number of nitrogens with one attached hydrogen (secondary N) is 2. The molecular formula is C20H17N5O2S. The summed E-state index contributed by atoms with van der Waals surface area (Å²) in [6.07, 6.45) is 1.60. The van der Waals surface area contributed by atoms with E-state index in [1.54, 1.807) is 13.3 Å². The summed E-state index contributed by atoms with van der Waals surface area (Å²) in [5, 5.41) is 16.6. The molecule has 0 aliphatic carbocycles. The van der Waals surface area contributed by atoms with E-state index in [2.05, 4.69) is 27.2 Å². The smallest absolute Gasteiger partial charge is 0.280 e. The maximum absolute atomic E-state index is 12.7. The lowest BCUT2D eigenvalue weighted by Crippen LogP contribution is -2.34. The maximum Gasteiger partial charge on any atom is 0.280 e. The van der Waals surface area contributed by atoms with Crippen LogP contribution in [0.2, 0.25) is 0 Å². The number of nitrogens with zero attached hydrogens (tertiary/aromatic N) is 3. The summed E-state index contributed by atoms with van der Waals surface area (Å²) >= 11 is 1.39. The van der Waals surface area contributed by atoms with Crippen molar-refractivity contribution < 1.29 is 4.74 Å². The van der Waals surface area contributed by atoms with Crippen molar-refractivity contribution in [3.8, 4) is 22.0 Å². The maximum atomic E-state index is 12.7. The van der Waals surface area contributed by atoms with Crippen molar-refractivity contribution in [2.45, 2.75) is 0 Å². The van der Waals surface area contributed by atoms with Crippen molar-refractivity contribution >= 4 is 29.2 Å². The van der Waals surface area contributed by atoms with Crippen LogP contribution >= 0.6 is 11.3 Å². The Balaban J connectivity index is 1.60. The minimum absolute atomic E-state index is 0.191. The van der Waals surface area contributed by atoms with Crippen molar-refractivity contribution in [2.75, 3.05) is 12.4 Å². The number of methoxy groups -OCH3 is 1. The summed E-state index contributed by atoms with van der Waals surface area (Å²) in [4.78, 5) is 12.7. The SMILES string of the molecule is C=c1[nH]n(-c2ccccc2)c(=O)/c1=C\Nc1nnc(-c2ccc(OC)cc2)s1. The van der Waals surface area contributed by atoms with Gasteiger partial charge in [0, 0.05) is 11.8 Å². The van der Waals surface area contributed by atoms with Crippen LogP contribution in [-0.2, 0) is 0 Å². The van der Waals surface area contributed by atoms with Gasteiger partial charge < -0.3 is 10.1 Å². The zero-order valence-electron chi connectivity index (χ0n) is 15.0. The van der Waals surface area contributed by atoms with Gasteiger partial charge in [-0.1, -0.05) is 36.1 Å². The first-order valence-corrected chi connectivity index (χ1v) is 9.27. The Bertz CT molecular complexity index is 1260. The summed E-state index contributed by atoms with van der Waals surface area (Å²) < 4.78 is 6.62. The minimum Gasteiger partial charge on any atom is -0.497 e. The molecule has 0 saturated heterocycles. The zero-order chi connectivity index (χ0) is 19.5. The first-order chi connectivity index (χ1) is 13.7. The van der Waals surface area contributed by atoms with Crippen molar-refractivity contribution in [2.24, 2.45) is 0 Å². The Kier molecular flexibility index (Phi) is 4.77. The van der Waals surface area contributed by atoms with Crippen LogP contribution in [-0.4, -0.2) is 27.1 Å². The number of para-hydroxylation sites is 1. The average Bonchev–Trinajstić information content (AvgIpc) is 3.32. The molecule has 4 aromatic rings. The Labute approximate surface area is 164 Å². The predicted octanol–water partition coefficient (Wildman–Crippen LogP) is 1.95. The molecule has 2 aromatic heterocycles. The molecule has 0 aliphatic rings. The van der Waals surface area contributed by atoms with E-state index in [1.807, 2.05) is 54.6 Å². The van der Waals surface area contributed by atoms with E-state index in [0.29, 0.717) is 15.7 Å². The summed E-state index contributed by atoms with van der Waals surface area (Å²) in [5.41, 5.74) is 1.50. The normalized spacial score (nSPS) is 11.5. The van der Waals surface area contributed by atoms with Gasteiger partial charge in [0.15, 0.2) is 0 Å². The molecule has 0 unspecified atom stereocenters. The van der Waals surface area contributed by atoms with Gasteiger partial charge in [-0.3, -0.25) is 9.89 Å². The van der Waals surface area contributed by atoms with Gasteiger partial charge in [-0.05, 0) is 36.4 Å². The van der Waals surface area contributed by atoms with E-state index in [1.165, 1.54) is 16.0 Å². The highest BCUT2D eigenvalue weighted by atomic mass is 32.1. The third-order valence-corrected chi connectivity index (χ3v) is 5.03. The Hall–Kier alpha value is -3.65. The molecule has 28 heavy (non-hydrogen) atoms. The third-order valence-electron chi connectivity index (χ3n) is 4.12. The minimum atomic E-state index is -0.191. The Morgan fingerprint density at radius 1 is 1.14 bits per heavy atom. The summed E-state index contributed by atoms with van der Waals surface area (Å²) in [6, 6.07) is 16.9. The number of anilines is 1. The quantitative estimate of drug-likeness (QED) is 0.543. The molecule has 8 heteroatoms. The van der Waals surface area contributed by atoms with Gasteiger partial charge in [0.1, 0.15) is 10.8 Å². The van der Waals surface area contributed by atoms with Crippen molar-refractivity contribution in [3.05, 3.63) is 75.5 Å². The third kappa shape index (κ3) is 3.45. The van der Waals surface area contributed by atoms with Crippen LogP contribution in [0, 0.1) is 0 Å². The number of hydrogen-bond donors (Lipinski definition) is 2. The lowest BCUT2D eigenvalue weighted by atomic mass is 10.2. The van der Waals surface area contributed by atoms with Gasteiger partial charge in [-0.25, -0.2) is 4.68 Å². The second-order valence-electron chi connectivity index (χ2n) is 5.91. The fraction of sp³-hybridized carbons (Fsp3) is 0.0500. The lowest BCUT2D eigenvalue weighted by molar-refractivity contribution is 0.415. The molecular weight excluding hydrogens is 374 g/mol. The second kappa shape index (κ2) is 7.53. The van der Waals surface area contributed by atoms with E-state index in [9.17, 15) is 4.79 Å². The standard InChI is InChI=1S/C20H17N5O2S/c1-13-17(19(26)25(24-13)15-6-4-3-5-7-15)12-21-20-23-22-18(28-20)14-8-10-16(27-2)11-9-14/h3-12,24H,1H2,2H3,(H,21,23)/b17-12-. The van der Waals surface area contributed by atoms with Crippen LogP contribution in [0.1, 0.15) is 0 Å².